The van der Waals surface area contributed by atoms with Gasteiger partial charge in [0.05, 0.1) is 23.2 Å². The van der Waals surface area contributed by atoms with Crippen molar-refractivity contribution in [2.45, 2.75) is 26.0 Å². The second kappa shape index (κ2) is 8.50. The lowest BCUT2D eigenvalue weighted by Gasteiger charge is -2.20. The molecule has 3 rings (SSSR count). The normalized spacial score (nSPS) is 12.0. The van der Waals surface area contributed by atoms with Crippen LogP contribution in [0.15, 0.2) is 48.5 Å². The molecule has 0 aliphatic rings. The molecular weight excluding hydrogens is 384 g/mol. The van der Waals surface area contributed by atoms with E-state index in [4.69, 9.17) is 16.3 Å². The molecule has 7 heteroatoms. The monoisotopic (exact) mass is 402 g/mol. The summed E-state index contributed by atoms with van der Waals surface area (Å²) < 4.78 is 6.36. The van der Waals surface area contributed by atoms with Crippen LogP contribution in [0, 0.1) is 0 Å². The van der Waals surface area contributed by atoms with E-state index in [0.717, 1.165) is 15.2 Å². The maximum atomic E-state index is 12.5. The first-order chi connectivity index (χ1) is 12.9. The molecule has 1 atom stereocenters. The Labute approximate surface area is 166 Å². The summed E-state index contributed by atoms with van der Waals surface area (Å²) in [6, 6.07) is 14.9. The summed E-state index contributed by atoms with van der Waals surface area (Å²) in [7, 11) is 1.67. The number of carbonyl (C=O) groups is 2. The van der Waals surface area contributed by atoms with Crippen molar-refractivity contribution >= 4 is 45.0 Å². The van der Waals surface area contributed by atoms with Crippen molar-refractivity contribution in [1.29, 1.82) is 0 Å². The van der Waals surface area contributed by atoms with Crippen molar-refractivity contribution in [2.24, 2.45) is 0 Å². The number of aromatic nitrogens is 1. The van der Waals surface area contributed by atoms with Gasteiger partial charge in [-0.2, -0.15) is 0 Å². The molecule has 27 heavy (non-hydrogen) atoms. The first-order valence-electron chi connectivity index (χ1n) is 8.46. The van der Waals surface area contributed by atoms with Gasteiger partial charge in [0.2, 0.25) is 0 Å². The molecule has 0 aliphatic carbocycles. The van der Waals surface area contributed by atoms with E-state index in [-0.39, 0.29) is 12.3 Å². The summed E-state index contributed by atoms with van der Waals surface area (Å²) in [4.78, 5) is 30.7. The van der Waals surface area contributed by atoms with E-state index < -0.39 is 12.1 Å². The van der Waals surface area contributed by atoms with Gasteiger partial charge in [-0.25, -0.2) is 4.98 Å². The van der Waals surface area contributed by atoms with Gasteiger partial charge in [0.1, 0.15) is 5.01 Å². The summed E-state index contributed by atoms with van der Waals surface area (Å²) in [5.41, 5.74) is 1.59. The number of carbonyl (C=O) groups excluding carboxylic acids is 2. The fourth-order valence-electron chi connectivity index (χ4n) is 2.67. The van der Waals surface area contributed by atoms with Crippen LogP contribution < -0.4 is 0 Å². The number of para-hydroxylation sites is 1. The highest BCUT2D eigenvalue weighted by molar-refractivity contribution is 7.18. The molecule has 0 fully saturated rings. The molecule has 0 spiro atoms. The maximum Gasteiger partial charge on any atom is 0.311 e. The molecular formula is C20H19ClN2O3S. The average Bonchev–Trinajstić information content (AvgIpc) is 3.05. The number of thiazole rings is 1. The third-order valence-electron chi connectivity index (χ3n) is 4.04. The third-order valence-corrected chi connectivity index (χ3v) is 5.43. The zero-order chi connectivity index (χ0) is 19.4. The maximum absolute atomic E-state index is 12.5. The van der Waals surface area contributed by atoms with Crippen LogP contribution in [0.2, 0.25) is 5.02 Å². The van der Waals surface area contributed by atoms with Crippen molar-refractivity contribution in [3.05, 3.63) is 64.1 Å². The number of rotatable bonds is 6. The number of hydrogen-bond acceptors (Lipinski definition) is 5. The Morgan fingerprint density at radius 2 is 1.89 bits per heavy atom. The molecule has 1 unspecified atom stereocenters. The second-order valence-corrected chi connectivity index (χ2v) is 7.69. The topological polar surface area (TPSA) is 59.5 Å². The highest BCUT2D eigenvalue weighted by Gasteiger charge is 2.22. The van der Waals surface area contributed by atoms with E-state index in [1.165, 1.54) is 4.90 Å². The van der Waals surface area contributed by atoms with Gasteiger partial charge in [0.15, 0.2) is 6.10 Å². The molecule has 5 nitrogen and oxygen atoms in total. The van der Waals surface area contributed by atoms with Gasteiger partial charge in [0.25, 0.3) is 5.91 Å². The number of benzene rings is 2. The van der Waals surface area contributed by atoms with Crippen LogP contribution in [-0.4, -0.2) is 34.9 Å². The molecule has 1 amide bonds. The van der Waals surface area contributed by atoms with Gasteiger partial charge in [-0.15, -0.1) is 11.3 Å². The molecule has 0 radical (unpaired) electrons. The minimum absolute atomic E-state index is 0.0267. The van der Waals surface area contributed by atoms with Gasteiger partial charge in [-0.05, 0) is 30.7 Å². The van der Waals surface area contributed by atoms with Gasteiger partial charge in [0, 0.05) is 12.1 Å². The quantitative estimate of drug-likeness (QED) is 0.583. The van der Waals surface area contributed by atoms with E-state index in [1.807, 2.05) is 24.3 Å². The van der Waals surface area contributed by atoms with Gasteiger partial charge in [-0.3, -0.25) is 9.59 Å². The van der Waals surface area contributed by atoms with Crippen LogP contribution in [0.25, 0.3) is 10.2 Å². The molecule has 0 N–H and O–H groups in total. The molecule has 1 heterocycles. The summed E-state index contributed by atoms with van der Waals surface area (Å²) in [5.74, 6) is -0.765. The number of esters is 1. The number of ether oxygens (including phenoxy) is 1. The second-order valence-electron chi connectivity index (χ2n) is 6.17. The van der Waals surface area contributed by atoms with Crippen molar-refractivity contribution in [3.8, 4) is 0 Å². The summed E-state index contributed by atoms with van der Waals surface area (Å²) in [5, 5.41) is 1.34. The van der Waals surface area contributed by atoms with E-state index in [1.54, 1.807) is 49.6 Å². The summed E-state index contributed by atoms with van der Waals surface area (Å²) >= 11 is 7.60. The van der Waals surface area contributed by atoms with E-state index in [2.05, 4.69) is 4.98 Å². The Kier molecular flexibility index (Phi) is 6.08. The lowest BCUT2D eigenvalue weighted by molar-refractivity contribution is -0.158. The minimum atomic E-state index is -0.876. The van der Waals surface area contributed by atoms with E-state index in [0.29, 0.717) is 17.1 Å². The standard InChI is InChI=1S/C20H19ClN2O3S/c1-13(26-19(24)11-14-7-3-4-8-15(14)21)20(25)23(2)12-18-22-16-9-5-6-10-17(16)27-18/h3-10,13H,11-12H2,1-2H3. The Bertz CT molecular complexity index is 940. The van der Waals surface area contributed by atoms with Crippen LogP contribution in [0.1, 0.15) is 17.5 Å². The lowest BCUT2D eigenvalue weighted by atomic mass is 10.1. The Morgan fingerprint density at radius 3 is 2.63 bits per heavy atom. The number of fused-ring (bicyclic) bond motifs is 1. The Morgan fingerprint density at radius 1 is 1.19 bits per heavy atom. The van der Waals surface area contributed by atoms with Crippen LogP contribution in [0.3, 0.4) is 0 Å². The zero-order valence-corrected chi connectivity index (χ0v) is 16.6. The summed E-state index contributed by atoms with van der Waals surface area (Å²) in [6.07, 6.45) is -0.849. The number of amides is 1. The molecule has 0 saturated heterocycles. The van der Waals surface area contributed by atoms with Crippen LogP contribution in [-0.2, 0) is 27.3 Å². The minimum Gasteiger partial charge on any atom is -0.452 e. The number of hydrogen-bond donors (Lipinski definition) is 0. The summed E-state index contributed by atoms with van der Waals surface area (Å²) in [6.45, 7) is 1.94. The molecule has 2 aromatic carbocycles. The average molecular weight is 403 g/mol. The van der Waals surface area contributed by atoms with Crippen molar-refractivity contribution < 1.29 is 14.3 Å². The van der Waals surface area contributed by atoms with Crippen molar-refractivity contribution in [2.75, 3.05) is 7.05 Å². The molecule has 0 bridgehead atoms. The van der Waals surface area contributed by atoms with E-state index in [9.17, 15) is 9.59 Å². The van der Waals surface area contributed by atoms with Gasteiger partial charge >= 0.3 is 5.97 Å². The highest BCUT2D eigenvalue weighted by atomic mass is 35.5. The van der Waals surface area contributed by atoms with Gasteiger partial charge < -0.3 is 9.64 Å². The van der Waals surface area contributed by atoms with Crippen LogP contribution in [0.5, 0.6) is 0 Å². The van der Waals surface area contributed by atoms with Crippen LogP contribution in [0.4, 0.5) is 0 Å². The predicted octanol–water partition coefficient (Wildman–Crippen LogP) is 4.08. The smallest absolute Gasteiger partial charge is 0.311 e. The largest absolute Gasteiger partial charge is 0.452 e. The fourth-order valence-corrected chi connectivity index (χ4v) is 3.89. The Hall–Kier alpha value is -2.44. The Balaban J connectivity index is 1.57. The fraction of sp³-hybridized carbons (Fsp3) is 0.250. The van der Waals surface area contributed by atoms with Gasteiger partial charge in [-0.1, -0.05) is 41.9 Å². The molecule has 1 aromatic heterocycles. The first kappa shape index (κ1) is 19.3. The molecule has 0 aliphatic heterocycles. The molecule has 3 aromatic rings. The first-order valence-corrected chi connectivity index (χ1v) is 9.66. The molecule has 0 saturated carbocycles. The number of likely N-dealkylation sites (N-methyl/N-ethyl adjacent to an activating group) is 1. The van der Waals surface area contributed by atoms with Crippen molar-refractivity contribution in [3.63, 3.8) is 0 Å². The van der Waals surface area contributed by atoms with Crippen LogP contribution >= 0.6 is 22.9 Å². The SMILES string of the molecule is CC(OC(=O)Cc1ccccc1Cl)C(=O)N(C)Cc1nc2ccccc2s1. The number of nitrogens with zero attached hydrogens (tertiary/aromatic N) is 2. The predicted molar refractivity (Wildman–Crippen MR) is 107 cm³/mol. The molecule has 140 valence electrons. The van der Waals surface area contributed by atoms with Crippen molar-refractivity contribution in [1.82, 2.24) is 9.88 Å². The zero-order valence-electron chi connectivity index (χ0n) is 15.0. The number of halogens is 1. The van der Waals surface area contributed by atoms with E-state index >= 15 is 0 Å². The lowest BCUT2D eigenvalue weighted by Crippen LogP contribution is -2.37. The third kappa shape index (κ3) is 4.84. The highest BCUT2D eigenvalue weighted by Crippen LogP contribution is 2.22.